The van der Waals surface area contributed by atoms with Crippen LogP contribution in [-0.4, -0.2) is 23.7 Å². The van der Waals surface area contributed by atoms with Gasteiger partial charge in [-0.15, -0.1) is 0 Å². The highest BCUT2D eigenvalue weighted by Crippen LogP contribution is 2.11. The van der Waals surface area contributed by atoms with E-state index in [1.54, 1.807) is 30.7 Å². The molecule has 2 rings (SSSR count). The standard InChI is InChI=1S/C16H17N3O2/c1-2-11-21-15-5-3-13(4-6-15)12-18-19-16(20)14-7-9-17-10-8-14/h3-10,12H,2,11H2,1H3,(H,19,20)/b18-12+. The predicted molar refractivity (Wildman–Crippen MR) is 81.5 cm³/mol. The van der Waals surface area contributed by atoms with Crippen LogP contribution >= 0.6 is 0 Å². The van der Waals surface area contributed by atoms with Gasteiger partial charge >= 0.3 is 0 Å². The number of carbonyl (C=O) groups is 1. The number of nitrogens with one attached hydrogen (secondary N) is 1. The van der Waals surface area contributed by atoms with E-state index in [0.717, 1.165) is 17.7 Å². The van der Waals surface area contributed by atoms with Crippen molar-refractivity contribution in [3.8, 4) is 5.75 Å². The van der Waals surface area contributed by atoms with E-state index in [0.29, 0.717) is 12.2 Å². The fourth-order valence-electron chi connectivity index (χ4n) is 1.60. The highest BCUT2D eigenvalue weighted by atomic mass is 16.5. The quantitative estimate of drug-likeness (QED) is 0.654. The highest BCUT2D eigenvalue weighted by Gasteiger charge is 2.01. The predicted octanol–water partition coefficient (Wildman–Crippen LogP) is 2.63. The molecule has 0 unspecified atom stereocenters. The molecule has 0 spiro atoms. The third-order valence-corrected chi connectivity index (χ3v) is 2.68. The number of pyridine rings is 1. The van der Waals surface area contributed by atoms with Crippen LogP contribution in [0.4, 0.5) is 0 Å². The Morgan fingerprint density at radius 1 is 1.24 bits per heavy atom. The van der Waals surface area contributed by atoms with Gasteiger partial charge in [-0.25, -0.2) is 5.43 Å². The fraction of sp³-hybridized carbons (Fsp3) is 0.188. The molecule has 0 saturated carbocycles. The van der Waals surface area contributed by atoms with E-state index in [-0.39, 0.29) is 5.91 Å². The second kappa shape index (κ2) is 7.79. The van der Waals surface area contributed by atoms with Gasteiger partial charge in [0.15, 0.2) is 0 Å². The molecule has 0 aliphatic heterocycles. The van der Waals surface area contributed by atoms with E-state index in [9.17, 15) is 4.79 Å². The summed E-state index contributed by atoms with van der Waals surface area (Å²) in [4.78, 5) is 15.6. The maximum atomic E-state index is 11.7. The lowest BCUT2D eigenvalue weighted by molar-refractivity contribution is 0.0955. The summed E-state index contributed by atoms with van der Waals surface area (Å²) in [6.07, 6.45) is 5.69. The molecule has 5 heteroatoms. The van der Waals surface area contributed by atoms with Gasteiger partial charge in [0.1, 0.15) is 5.75 Å². The van der Waals surface area contributed by atoms with Crippen LogP contribution in [0.5, 0.6) is 5.75 Å². The summed E-state index contributed by atoms with van der Waals surface area (Å²) >= 11 is 0. The normalized spacial score (nSPS) is 10.5. The fourth-order valence-corrected chi connectivity index (χ4v) is 1.60. The summed E-state index contributed by atoms with van der Waals surface area (Å²) in [7, 11) is 0. The van der Waals surface area contributed by atoms with Gasteiger partial charge in [0.25, 0.3) is 5.91 Å². The molecular weight excluding hydrogens is 266 g/mol. The molecule has 0 atom stereocenters. The van der Waals surface area contributed by atoms with E-state index < -0.39 is 0 Å². The number of carbonyl (C=O) groups excluding carboxylic acids is 1. The van der Waals surface area contributed by atoms with E-state index in [2.05, 4.69) is 22.4 Å². The minimum absolute atomic E-state index is 0.267. The van der Waals surface area contributed by atoms with Crippen LogP contribution in [0.2, 0.25) is 0 Å². The molecule has 2 aromatic rings. The van der Waals surface area contributed by atoms with Crippen LogP contribution in [0.3, 0.4) is 0 Å². The van der Waals surface area contributed by atoms with Crippen molar-refractivity contribution in [3.05, 3.63) is 59.9 Å². The molecule has 0 bridgehead atoms. The van der Waals surface area contributed by atoms with Crippen molar-refractivity contribution >= 4 is 12.1 Å². The smallest absolute Gasteiger partial charge is 0.271 e. The topological polar surface area (TPSA) is 63.6 Å². The number of benzene rings is 1. The largest absolute Gasteiger partial charge is 0.494 e. The van der Waals surface area contributed by atoms with Crippen molar-refractivity contribution in [1.29, 1.82) is 0 Å². The van der Waals surface area contributed by atoms with Crippen LogP contribution in [0.25, 0.3) is 0 Å². The zero-order chi connectivity index (χ0) is 14.9. The summed E-state index contributed by atoms with van der Waals surface area (Å²) in [5.74, 6) is 0.561. The Labute approximate surface area is 123 Å². The van der Waals surface area contributed by atoms with Gasteiger partial charge in [0, 0.05) is 18.0 Å². The molecule has 0 aliphatic rings. The molecule has 1 aromatic carbocycles. The van der Waals surface area contributed by atoms with E-state index in [1.165, 1.54) is 0 Å². The molecule has 0 radical (unpaired) electrons. The van der Waals surface area contributed by atoms with Gasteiger partial charge < -0.3 is 4.74 Å². The van der Waals surface area contributed by atoms with Crippen LogP contribution in [0, 0.1) is 0 Å². The molecule has 1 heterocycles. The lowest BCUT2D eigenvalue weighted by Gasteiger charge is -2.03. The lowest BCUT2D eigenvalue weighted by Crippen LogP contribution is -2.17. The van der Waals surface area contributed by atoms with Crippen molar-refractivity contribution in [2.45, 2.75) is 13.3 Å². The van der Waals surface area contributed by atoms with Gasteiger partial charge in [-0.05, 0) is 48.4 Å². The zero-order valence-corrected chi connectivity index (χ0v) is 11.8. The van der Waals surface area contributed by atoms with Crippen LogP contribution < -0.4 is 10.2 Å². The summed E-state index contributed by atoms with van der Waals surface area (Å²) < 4.78 is 5.49. The van der Waals surface area contributed by atoms with Crippen molar-refractivity contribution in [3.63, 3.8) is 0 Å². The maximum absolute atomic E-state index is 11.7. The van der Waals surface area contributed by atoms with E-state index in [4.69, 9.17) is 4.74 Å². The van der Waals surface area contributed by atoms with Gasteiger partial charge in [0.05, 0.1) is 12.8 Å². The van der Waals surface area contributed by atoms with E-state index in [1.807, 2.05) is 24.3 Å². The first-order chi connectivity index (χ1) is 10.3. The number of hydrogen-bond acceptors (Lipinski definition) is 4. The van der Waals surface area contributed by atoms with Gasteiger partial charge in [-0.3, -0.25) is 9.78 Å². The average Bonchev–Trinajstić information content (AvgIpc) is 2.55. The second-order valence-electron chi connectivity index (χ2n) is 4.35. The van der Waals surface area contributed by atoms with E-state index >= 15 is 0 Å². The monoisotopic (exact) mass is 283 g/mol. The first-order valence-electron chi connectivity index (χ1n) is 6.76. The van der Waals surface area contributed by atoms with Crippen molar-refractivity contribution in [2.75, 3.05) is 6.61 Å². The molecule has 1 amide bonds. The number of aromatic nitrogens is 1. The first-order valence-corrected chi connectivity index (χ1v) is 6.76. The summed E-state index contributed by atoms with van der Waals surface area (Å²) in [5.41, 5.74) is 3.87. The zero-order valence-electron chi connectivity index (χ0n) is 11.8. The number of hydrogen-bond donors (Lipinski definition) is 1. The second-order valence-corrected chi connectivity index (χ2v) is 4.35. The summed E-state index contributed by atoms with van der Waals surface area (Å²) in [5, 5.41) is 3.92. The molecule has 108 valence electrons. The van der Waals surface area contributed by atoms with Gasteiger partial charge in [0.2, 0.25) is 0 Å². The Morgan fingerprint density at radius 2 is 1.95 bits per heavy atom. The summed E-state index contributed by atoms with van der Waals surface area (Å²) in [6, 6.07) is 10.8. The Balaban J connectivity index is 1.88. The average molecular weight is 283 g/mol. The Bertz CT molecular complexity index is 595. The SMILES string of the molecule is CCCOc1ccc(/C=N/NC(=O)c2ccncc2)cc1. The molecular formula is C16H17N3O2. The Hall–Kier alpha value is -2.69. The molecule has 21 heavy (non-hydrogen) atoms. The first kappa shape index (κ1) is 14.7. The number of amides is 1. The molecule has 5 nitrogen and oxygen atoms in total. The highest BCUT2D eigenvalue weighted by molar-refractivity contribution is 5.94. The Morgan fingerprint density at radius 3 is 2.62 bits per heavy atom. The number of rotatable bonds is 6. The van der Waals surface area contributed by atoms with Gasteiger partial charge in [-0.2, -0.15) is 5.10 Å². The summed E-state index contributed by atoms with van der Waals surface area (Å²) in [6.45, 7) is 2.77. The molecule has 0 fully saturated rings. The maximum Gasteiger partial charge on any atom is 0.271 e. The third kappa shape index (κ3) is 4.72. The van der Waals surface area contributed by atoms with Crippen molar-refractivity contribution in [1.82, 2.24) is 10.4 Å². The molecule has 1 N–H and O–H groups in total. The van der Waals surface area contributed by atoms with Gasteiger partial charge in [-0.1, -0.05) is 6.92 Å². The molecule has 0 saturated heterocycles. The lowest BCUT2D eigenvalue weighted by atomic mass is 10.2. The number of nitrogens with zero attached hydrogens (tertiary/aromatic N) is 2. The van der Waals surface area contributed by atoms with Crippen LogP contribution in [0.15, 0.2) is 53.9 Å². The van der Waals surface area contributed by atoms with Crippen molar-refractivity contribution < 1.29 is 9.53 Å². The van der Waals surface area contributed by atoms with Crippen molar-refractivity contribution in [2.24, 2.45) is 5.10 Å². The van der Waals surface area contributed by atoms with Crippen LogP contribution in [-0.2, 0) is 0 Å². The molecule has 0 aliphatic carbocycles. The minimum atomic E-state index is -0.267. The molecule has 1 aromatic heterocycles. The Kier molecular flexibility index (Phi) is 5.46. The van der Waals surface area contributed by atoms with Crippen LogP contribution in [0.1, 0.15) is 29.3 Å². The minimum Gasteiger partial charge on any atom is -0.494 e. The third-order valence-electron chi connectivity index (χ3n) is 2.68. The number of ether oxygens (including phenoxy) is 1. The number of hydrazone groups is 1.